The van der Waals surface area contributed by atoms with Crippen molar-refractivity contribution in [3.8, 4) is 0 Å². The molecule has 0 saturated carbocycles. The summed E-state index contributed by atoms with van der Waals surface area (Å²) in [5, 5.41) is 0. The van der Waals surface area contributed by atoms with Crippen molar-refractivity contribution >= 4 is 23.0 Å². The first-order valence-electron chi connectivity index (χ1n) is 6.90. The average Bonchev–Trinajstić information content (AvgIpc) is 2.22. The van der Waals surface area contributed by atoms with Gasteiger partial charge in [-0.2, -0.15) is 0 Å². The van der Waals surface area contributed by atoms with Crippen molar-refractivity contribution in [1.82, 2.24) is 9.13 Å². The first-order valence-corrected chi connectivity index (χ1v) is 11.1. The molecule has 0 aromatic heterocycles. The summed E-state index contributed by atoms with van der Waals surface area (Å²) in [6, 6.07) is 10.9. The summed E-state index contributed by atoms with van der Waals surface area (Å²) in [4.78, 5) is 0. The quantitative estimate of drug-likeness (QED) is 0.562. The molecule has 1 heterocycles. The summed E-state index contributed by atoms with van der Waals surface area (Å²) in [6.07, 6.45) is 0.400. The highest BCUT2D eigenvalue weighted by molar-refractivity contribution is 9.24. The Hall–Kier alpha value is -0.163. The Labute approximate surface area is 127 Å². The van der Waals surface area contributed by atoms with E-state index in [4.69, 9.17) is 0 Å². The number of nitrogens with zero attached hydrogens (tertiary/aromatic N) is 2. The van der Waals surface area contributed by atoms with Crippen LogP contribution in [0.4, 0.5) is 0 Å². The maximum Gasteiger partial charge on any atom is 0.268 e. The van der Waals surface area contributed by atoms with Gasteiger partial charge in [0.15, 0.2) is 0 Å². The van der Waals surface area contributed by atoms with E-state index in [2.05, 4.69) is 96.3 Å². The van der Waals surface area contributed by atoms with Crippen LogP contribution in [0.25, 0.3) is 0 Å². The lowest BCUT2D eigenvalue weighted by Crippen LogP contribution is -2.75. The van der Waals surface area contributed by atoms with Gasteiger partial charge in [-0.05, 0) is 47.1 Å². The van der Waals surface area contributed by atoms with Gasteiger partial charge in [-0.1, -0.05) is 45.6 Å². The second kappa shape index (κ2) is 4.99. The smallest absolute Gasteiger partial charge is 0.268 e. The number of rotatable bonds is 1. The minimum absolute atomic E-state index is 0.197. The molecular weight excluding hydrogens is 316 g/mol. The highest BCUT2D eigenvalue weighted by Crippen LogP contribution is 2.47. The van der Waals surface area contributed by atoms with Gasteiger partial charge in [0.1, 0.15) is 0 Å². The van der Waals surface area contributed by atoms with Crippen molar-refractivity contribution < 1.29 is 0 Å². The predicted octanol–water partition coefficient (Wildman–Crippen LogP) is 4.01. The first-order chi connectivity index (χ1) is 8.64. The molecule has 1 saturated heterocycles. The van der Waals surface area contributed by atoms with E-state index in [0.29, 0.717) is 6.17 Å². The third-order valence-electron chi connectivity index (χ3n) is 3.63. The Morgan fingerprint density at radius 1 is 0.895 bits per heavy atom. The zero-order valence-corrected chi connectivity index (χ0v) is 15.6. The van der Waals surface area contributed by atoms with E-state index in [1.807, 2.05) is 0 Å². The van der Waals surface area contributed by atoms with Gasteiger partial charge in [0, 0.05) is 11.1 Å². The van der Waals surface area contributed by atoms with Crippen molar-refractivity contribution in [1.29, 1.82) is 0 Å². The molecule has 1 aliphatic heterocycles. The molecule has 0 unspecified atom stereocenters. The van der Waals surface area contributed by atoms with Crippen LogP contribution < -0.4 is 0 Å². The second-order valence-corrected chi connectivity index (χ2v) is 11.4. The third-order valence-corrected chi connectivity index (χ3v) is 9.31. The molecule has 0 atom stereocenters. The molecule has 0 radical (unpaired) electrons. The zero-order valence-electron chi connectivity index (χ0n) is 12.8. The summed E-state index contributed by atoms with van der Waals surface area (Å²) in [5.74, 6) is 0. The van der Waals surface area contributed by atoms with Crippen LogP contribution >= 0.6 is 15.3 Å². The molecule has 2 nitrogen and oxygen atoms in total. The molecule has 0 aliphatic carbocycles. The van der Waals surface area contributed by atoms with Crippen molar-refractivity contribution in [2.24, 2.45) is 0 Å². The molecule has 106 valence electrons. The van der Waals surface area contributed by atoms with Crippen LogP contribution in [0.2, 0.25) is 0 Å². The molecule has 1 aromatic carbocycles. The molecule has 4 heteroatoms. The number of hydrogen-bond acceptors (Lipinski definition) is 2. The van der Waals surface area contributed by atoms with Crippen LogP contribution in [0.3, 0.4) is 0 Å². The van der Waals surface area contributed by atoms with Gasteiger partial charge >= 0.3 is 0 Å². The number of benzene rings is 1. The second-order valence-electron chi connectivity index (χ2n) is 7.25. The van der Waals surface area contributed by atoms with Gasteiger partial charge in [0.2, 0.25) is 0 Å². The fraction of sp³-hybridized carbons (Fsp3) is 0.600. The molecule has 0 amide bonds. The maximum absolute atomic E-state index is 3.99. The van der Waals surface area contributed by atoms with Crippen molar-refractivity contribution in [3.63, 3.8) is 0 Å². The third kappa shape index (κ3) is 2.82. The van der Waals surface area contributed by atoms with Crippen molar-refractivity contribution in [2.75, 3.05) is 0 Å². The molecule has 0 bridgehead atoms. The van der Waals surface area contributed by atoms with Crippen molar-refractivity contribution in [3.05, 3.63) is 35.9 Å². The van der Waals surface area contributed by atoms with Crippen molar-refractivity contribution in [2.45, 2.75) is 58.8 Å². The highest BCUT2D eigenvalue weighted by Gasteiger charge is 2.55. The van der Waals surface area contributed by atoms with Gasteiger partial charge in [-0.3, -0.25) is 9.13 Å². The first kappa shape index (κ1) is 15.2. The molecule has 1 aliphatic rings. The van der Waals surface area contributed by atoms with Crippen LogP contribution in [-0.2, 0) is 0 Å². The molecular formula is C15H25BrN2Si. The normalized spacial score (nSPS) is 26.3. The lowest BCUT2D eigenvalue weighted by Gasteiger charge is -2.64. The predicted molar refractivity (Wildman–Crippen MR) is 88.4 cm³/mol. The molecule has 2 rings (SSSR count). The van der Waals surface area contributed by atoms with E-state index in [9.17, 15) is 0 Å². The Kier molecular flexibility index (Phi) is 4.00. The van der Waals surface area contributed by atoms with E-state index >= 15 is 0 Å². The Morgan fingerprint density at radius 2 is 1.32 bits per heavy atom. The highest BCUT2D eigenvalue weighted by atomic mass is 79.9. The van der Waals surface area contributed by atoms with Gasteiger partial charge in [-0.15, -0.1) is 0 Å². The molecule has 0 spiro atoms. The minimum Gasteiger partial charge on any atom is -0.282 e. The average molecular weight is 341 g/mol. The number of halogens is 1. The summed E-state index contributed by atoms with van der Waals surface area (Å²) in [7, 11) is -1.20. The minimum atomic E-state index is -1.20. The van der Waals surface area contributed by atoms with E-state index < -0.39 is 7.74 Å². The topological polar surface area (TPSA) is 6.48 Å². The lowest BCUT2D eigenvalue weighted by molar-refractivity contribution is -0.0238. The summed E-state index contributed by atoms with van der Waals surface area (Å²) in [6.45, 7) is 13.9. The van der Waals surface area contributed by atoms with Gasteiger partial charge in [-0.25, -0.2) is 0 Å². The van der Waals surface area contributed by atoms with E-state index in [0.717, 1.165) is 0 Å². The van der Waals surface area contributed by atoms with Crippen LogP contribution in [0, 0.1) is 0 Å². The fourth-order valence-corrected chi connectivity index (χ4v) is 10.2. The van der Waals surface area contributed by atoms with Crippen LogP contribution in [-0.4, -0.2) is 27.9 Å². The fourth-order valence-electron chi connectivity index (χ4n) is 2.75. The largest absolute Gasteiger partial charge is 0.282 e. The Balaban J connectivity index is 2.39. The summed E-state index contributed by atoms with van der Waals surface area (Å²) >= 11 is 3.99. The summed E-state index contributed by atoms with van der Waals surface area (Å²) in [5.41, 5.74) is 1.79. The van der Waals surface area contributed by atoms with E-state index in [1.54, 1.807) is 0 Å². The van der Waals surface area contributed by atoms with Gasteiger partial charge in [0.25, 0.3) is 7.74 Å². The summed E-state index contributed by atoms with van der Waals surface area (Å²) < 4.78 is 5.32. The monoisotopic (exact) mass is 340 g/mol. The maximum atomic E-state index is 3.99. The Bertz CT molecular complexity index is 414. The van der Waals surface area contributed by atoms with Crippen LogP contribution in [0.5, 0.6) is 0 Å². The number of hydrogen-bond donors (Lipinski definition) is 0. The molecule has 19 heavy (non-hydrogen) atoms. The van der Waals surface area contributed by atoms with Crippen LogP contribution in [0.15, 0.2) is 30.3 Å². The standard InChI is InChI=1S/C15H25BrN2Si/c1-14(2,3)17-13(12-10-8-7-9-11-12)18(19(17)16)15(4,5)6/h7-11,13,19H,1-6H3. The zero-order chi connectivity index (χ0) is 14.4. The lowest BCUT2D eigenvalue weighted by atomic mass is 10.0. The molecule has 1 fully saturated rings. The Morgan fingerprint density at radius 3 is 1.68 bits per heavy atom. The van der Waals surface area contributed by atoms with E-state index in [-0.39, 0.29) is 11.1 Å². The molecule has 1 aromatic rings. The van der Waals surface area contributed by atoms with Gasteiger partial charge < -0.3 is 0 Å². The molecule has 0 N–H and O–H groups in total. The SMILES string of the molecule is CC(C)(C)N1C(c2ccccc2)N(C(C)(C)C)[SiH]1Br. The van der Waals surface area contributed by atoms with Crippen LogP contribution in [0.1, 0.15) is 53.3 Å². The van der Waals surface area contributed by atoms with E-state index in [1.165, 1.54) is 5.56 Å². The van der Waals surface area contributed by atoms with Gasteiger partial charge in [0.05, 0.1) is 6.17 Å².